The molecule has 0 aliphatic carbocycles. The van der Waals surface area contributed by atoms with Crippen molar-refractivity contribution in [2.24, 2.45) is 0 Å². The average molecular weight is 434 g/mol. The monoisotopic (exact) mass is 433 g/mol. The van der Waals surface area contributed by atoms with E-state index in [1.165, 1.54) is 11.0 Å². The topological polar surface area (TPSA) is 69.7 Å². The molecule has 9 heteroatoms. The maximum Gasteiger partial charge on any atom is 0.325 e. The van der Waals surface area contributed by atoms with Gasteiger partial charge in [0.1, 0.15) is 5.54 Å². The first-order valence-corrected chi connectivity index (χ1v) is 9.80. The van der Waals surface area contributed by atoms with Crippen molar-refractivity contribution in [1.82, 2.24) is 15.1 Å². The maximum absolute atomic E-state index is 13.4. The van der Waals surface area contributed by atoms with Crippen LogP contribution in [-0.4, -0.2) is 46.3 Å². The molecule has 2 aromatic carbocycles. The minimum Gasteiger partial charge on any atom is -0.338 e. The van der Waals surface area contributed by atoms with Crippen molar-refractivity contribution in [2.75, 3.05) is 13.1 Å². The van der Waals surface area contributed by atoms with Gasteiger partial charge in [-0.15, -0.1) is 0 Å². The number of rotatable bonds is 3. The minimum atomic E-state index is -1.09. The number of urea groups is 1. The number of carbonyl (C=O) groups is 3. The van der Waals surface area contributed by atoms with E-state index in [1.807, 2.05) is 0 Å². The number of benzene rings is 2. The summed E-state index contributed by atoms with van der Waals surface area (Å²) >= 11 is 5.87. The lowest BCUT2D eigenvalue weighted by molar-refractivity contribution is -0.133. The van der Waals surface area contributed by atoms with Crippen LogP contribution in [0.15, 0.2) is 42.5 Å². The van der Waals surface area contributed by atoms with Crippen molar-refractivity contribution >= 4 is 29.4 Å². The van der Waals surface area contributed by atoms with E-state index in [1.54, 1.807) is 24.3 Å². The zero-order chi connectivity index (χ0) is 21.5. The molecular formula is C21H18ClF2N3O3. The number of amides is 4. The van der Waals surface area contributed by atoms with Crippen molar-refractivity contribution in [2.45, 2.75) is 24.9 Å². The van der Waals surface area contributed by atoms with E-state index in [2.05, 4.69) is 5.32 Å². The maximum atomic E-state index is 13.4. The first-order valence-electron chi connectivity index (χ1n) is 9.42. The molecule has 0 unspecified atom stereocenters. The molecule has 4 rings (SSSR count). The van der Waals surface area contributed by atoms with E-state index in [-0.39, 0.29) is 43.9 Å². The van der Waals surface area contributed by atoms with Crippen LogP contribution in [0.3, 0.4) is 0 Å². The molecule has 2 saturated heterocycles. The largest absolute Gasteiger partial charge is 0.338 e. The zero-order valence-corrected chi connectivity index (χ0v) is 16.6. The Hall–Kier alpha value is -3.00. The van der Waals surface area contributed by atoms with E-state index in [4.69, 9.17) is 11.6 Å². The molecule has 2 aromatic rings. The van der Waals surface area contributed by atoms with Crippen molar-refractivity contribution < 1.29 is 23.2 Å². The second kappa shape index (κ2) is 7.68. The molecule has 6 nitrogen and oxygen atoms in total. The van der Waals surface area contributed by atoms with Gasteiger partial charge in [-0.3, -0.25) is 14.5 Å². The van der Waals surface area contributed by atoms with Crippen LogP contribution in [0, 0.1) is 11.6 Å². The van der Waals surface area contributed by atoms with Crippen molar-refractivity contribution in [3.63, 3.8) is 0 Å². The summed E-state index contributed by atoms with van der Waals surface area (Å²) in [4.78, 5) is 40.7. The summed E-state index contributed by atoms with van der Waals surface area (Å²) in [5.41, 5.74) is -0.254. The van der Waals surface area contributed by atoms with Gasteiger partial charge in [-0.2, -0.15) is 0 Å². The smallest absolute Gasteiger partial charge is 0.325 e. The molecular weight excluding hydrogens is 416 g/mol. The second-order valence-electron chi connectivity index (χ2n) is 7.45. The molecule has 2 aliphatic rings. The van der Waals surface area contributed by atoms with Gasteiger partial charge in [0.05, 0.1) is 6.54 Å². The van der Waals surface area contributed by atoms with Gasteiger partial charge in [-0.25, -0.2) is 13.6 Å². The van der Waals surface area contributed by atoms with Crippen molar-refractivity contribution in [3.05, 3.63) is 70.2 Å². The third-order valence-electron chi connectivity index (χ3n) is 5.57. The number of nitrogens with zero attached hydrogens (tertiary/aromatic N) is 2. The molecule has 1 N–H and O–H groups in total. The lowest BCUT2D eigenvalue weighted by Gasteiger charge is -2.37. The van der Waals surface area contributed by atoms with Gasteiger partial charge in [0.25, 0.3) is 11.8 Å². The summed E-state index contributed by atoms with van der Waals surface area (Å²) < 4.78 is 26.5. The van der Waals surface area contributed by atoms with Crippen LogP contribution in [0.1, 0.15) is 28.8 Å². The van der Waals surface area contributed by atoms with E-state index in [0.29, 0.717) is 5.02 Å². The summed E-state index contributed by atoms with van der Waals surface area (Å²) in [6.45, 7) is 0.540. The van der Waals surface area contributed by atoms with Crippen LogP contribution < -0.4 is 5.32 Å². The number of imide groups is 1. The molecule has 0 radical (unpaired) electrons. The number of hydrogen-bond donors (Lipinski definition) is 1. The molecule has 0 bridgehead atoms. The third-order valence-corrected chi connectivity index (χ3v) is 5.82. The Balaban J connectivity index is 1.43. The van der Waals surface area contributed by atoms with E-state index < -0.39 is 29.1 Å². The first kappa shape index (κ1) is 20.3. The average Bonchev–Trinajstić information content (AvgIpc) is 2.95. The number of halogens is 3. The molecule has 0 aromatic heterocycles. The molecule has 0 atom stereocenters. The highest BCUT2D eigenvalue weighted by Gasteiger charge is 2.52. The number of hydrogen-bond acceptors (Lipinski definition) is 3. The third kappa shape index (κ3) is 3.63. The fraction of sp³-hybridized carbons (Fsp3) is 0.286. The fourth-order valence-electron chi connectivity index (χ4n) is 3.83. The van der Waals surface area contributed by atoms with E-state index in [0.717, 1.165) is 22.6 Å². The summed E-state index contributed by atoms with van der Waals surface area (Å²) in [5, 5.41) is 3.34. The molecule has 2 fully saturated rings. The van der Waals surface area contributed by atoms with Crippen LogP contribution in [0.4, 0.5) is 13.6 Å². The summed E-state index contributed by atoms with van der Waals surface area (Å²) in [5.74, 6) is -2.89. The van der Waals surface area contributed by atoms with Crippen LogP contribution in [0.2, 0.25) is 5.02 Å². The SMILES string of the molecule is O=C(c1ccc(F)c(F)c1)N1CCC2(CC1)NC(=O)N(Cc1ccc(Cl)cc1)C2=O. The molecule has 156 valence electrons. The molecule has 30 heavy (non-hydrogen) atoms. The van der Waals surface area contributed by atoms with Crippen molar-refractivity contribution in [1.29, 1.82) is 0 Å². The van der Waals surface area contributed by atoms with Gasteiger partial charge >= 0.3 is 6.03 Å². The Morgan fingerprint density at radius 2 is 1.70 bits per heavy atom. The fourth-order valence-corrected chi connectivity index (χ4v) is 3.96. The highest BCUT2D eigenvalue weighted by molar-refractivity contribution is 6.30. The number of carbonyl (C=O) groups excluding carboxylic acids is 3. The highest BCUT2D eigenvalue weighted by Crippen LogP contribution is 2.31. The Bertz CT molecular complexity index is 1020. The van der Waals surface area contributed by atoms with Crippen LogP contribution in [0.5, 0.6) is 0 Å². The Kier molecular flexibility index (Phi) is 5.19. The molecule has 2 heterocycles. The van der Waals surface area contributed by atoms with Crippen LogP contribution in [0.25, 0.3) is 0 Å². The second-order valence-corrected chi connectivity index (χ2v) is 7.89. The lowest BCUT2D eigenvalue weighted by atomic mass is 9.87. The highest BCUT2D eigenvalue weighted by atomic mass is 35.5. The first-order chi connectivity index (χ1) is 14.3. The van der Waals surface area contributed by atoms with Gasteiger partial charge in [0.15, 0.2) is 11.6 Å². The van der Waals surface area contributed by atoms with E-state index >= 15 is 0 Å². The summed E-state index contributed by atoms with van der Waals surface area (Å²) in [6.07, 6.45) is 0.480. The Morgan fingerprint density at radius 1 is 1.03 bits per heavy atom. The number of nitrogens with one attached hydrogen (secondary N) is 1. The van der Waals surface area contributed by atoms with Crippen LogP contribution >= 0.6 is 11.6 Å². The van der Waals surface area contributed by atoms with Crippen LogP contribution in [-0.2, 0) is 11.3 Å². The summed E-state index contributed by atoms with van der Waals surface area (Å²) in [6, 6.07) is 9.38. The summed E-state index contributed by atoms with van der Waals surface area (Å²) in [7, 11) is 0. The molecule has 0 saturated carbocycles. The molecule has 4 amide bonds. The zero-order valence-electron chi connectivity index (χ0n) is 15.8. The Labute approximate surface area is 176 Å². The van der Waals surface area contributed by atoms with E-state index in [9.17, 15) is 23.2 Å². The quantitative estimate of drug-likeness (QED) is 0.755. The number of piperidine rings is 1. The van der Waals surface area contributed by atoms with Crippen molar-refractivity contribution in [3.8, 4) is 0 Å². The predicted molar refractivity (Wildman–Crippen MR) is 105 cm³/mol. The normalized spacial score (nSPS) is 18.1. The van der Waals surface area contributed by atoms with Gasteiger partial charge < -0.3 is 10.2 Å². The predicted octanol–water partition coefficient (Wildman–Crippen LogP) is 3.35. The number of likely N-dealkylation sites (tertiary alicyclic amines) is 1. The standard InChI is InChI=1S/C21H18ClF2N3O3/c22-15-4-1-13(2-5-15)12-27-19(29)21(25-20(27)30)7-9-26(10-8-21)18(28)14-3-6-16(23)17(24)11-14/h1-6,11H,7-10,12H2,(H,25,30). The van der Waals surface area contributed by atoms with Gasteiger partial charge in [-0.1, -0.05) is 23.7 Å². The minimum absolute atomic E-state index is 0.0380. The van der Waals surface area contributed by atoms with Gasteiger partial charge in [0, 0.05) is 23.7 Å². The van der Waals surface area contributed by atoms with Gasteiger partial charge in [-0.05, 0) is 48.7 Å². The Morgan fingerprint density at radius 3 is 2.33 bits per heavy atom. The lowest BCUT2D eigenvalue weighted by Crippen LogP contribution is -2.55. The molecule has 1 spiro atoms. The molecule has 2 aliphatic heterocycles. The van der Waals surface area contributed by atoms with Gasteiger partial charge in [0.2, 0.25) is 0 Å².